The van der Waals surface area contributed by atoms with Gasteiger partial charge in [-0.3, -0.25) is 10.1 Å². The minimum Gasteiger partial charge on any atom is -0.381 e. The minimum atomic E-state index is -0.358. The van der Waals surface area contributed by atoms with Crippen LogP contribution in [0.4, 0.5) is 11.4 Å². The first-order valence-electron chi connectivity index (χ1n) is 7.38. The monoisotopic (exact) mass is 355 g/mol. The van der Waals surface area contributed by atoms with Crippen LogP contribution < -0.4 is 5.32 Å². The van der Waals surface area contributed by atoms with E-state index in [1.807, 2.05) is 0 Å². The van der Waals surface area contributed by atoms with Gasteiger partial charge in [0.25, 0.3) is 5.69 Å². The highest BCUT2D eigenvalue weighted by atomic mass is 79.9. The van der Waals surface area contributed by atoms with Gasteiger partial charge in [-0.1, -0.05) is 13.8 Å². The van der Waals surface area contributed by atoms with Crippen LogP contribution in [0.2, 0.25) is 0 Å². The predicted molar refractivity (Wildman–Crippen MR) is 88.7 cm³/mol. The van der Waals surface area contributed by atoms with Gasteiger partial charge in [-0.25, -0.2) is 0 Å². The van der Waals surface area contributed by atoms with Crippen molar-refractivity contribution in [2.75, 3.05) is 25.0 Å². The van der Waals surface area contributed by atoms with Crippen LogP contribution in [0.15, 0.2) is 22.7 Å². The zero-order valence-electron chi connectivity index (χ0n) is 12.5. The first-order chi connectivity index (χ1) is 9.95. The molecule has 1 aromatic rings. The topological polar surface area (TPSA) is 58.4 Å². The quantitative estimate of drug-likeness (QED) is 0.642. The number of anilines is 1. The molecular weight excluding hydrogens is 334 g/mol. The number of non-ortho nitro benzene ring substituents is 1. The van der Waals surface area contributed by atoms with Crippen molar-refractivity contribution in [3.8, 4) is 0 Å². The molecule has 1 saturated heterocycles. The normalized spacial score (nSPS) is 17.1. The van der Waals surface area contributed by atoms with Gasteiger partial charge >= 0.3 is 0 Å². The second-order valence-electron chi connectivity index (χ2n) is 6.03. The van der Waals surface area contributed by atoms with E-state index < -0.39 is 0 Å². The summed E-state index contributed by atoms with van der Waals surface area (Å²) in [5.41, 5.74) is 0.935. The molecule has 1 aliphatic heterocycles. The zero-order valence-corrected chi connectivity index (χ0v) is 14.1. The molecule has 0 aliphatic carbocycles. The van der Waals surface area contributed by atoms with Crippen LogP contribution in [-0.4, -0.2) is 35.5 Å². The summed E-state index contributed by atoms with van der Waals surface area (Å²) in [6.07, 6.45) is 2.14. The molecule has 1 heterocycles. The third kappa shape index (κ3) is 4.68. The van der Waals surface area contributed by atoms with E-state index in [1.54, 1.807) is 12.1 Å². The fourth-order valence-corrected chi connectivity index (χ4v) is 3.09. The lowest BCUT2D eigenvalue weighted by Crippen LogP contribution is -2.40. The summed E-state index contributed by atoms with van der Waals surface area (Å²) < 4.78 is 0.873. The van der Waals surface area contributed by atoms with Gasteiger partial charge in [-0.15, -0.1) is 0 Å². The number of halogens is 1. The largest absolute Gasteiger partial charge is 0.381 e. The molecule has 2 rings (SSSR count). The van der Waals surface area contributed by atoms with Crippen molar-refractivity contribution in [3.05, 3.63) is 32.8 Å². The molecule has 0 saturated carbocycles. The lowest BCUT2D eigenvalue weighted by Gasteiger charge is -2.33. The number of nitrogens with one attached hydrogen (secondary N) is 1. The average molecular weight is 356 g/mol. The van der Waals surface area contributed by atoms with Crippen LogP contribution in [0.25, 0.3) is 0 Å². The second kappa shape index (κ2) is 7.22. The van der Waals surface area contributed by atoms with Crippen LogP contribution in [-0.2, 0) is 0 Å². The van der Waals surface area contributed by atoms with Gasteiger partial charge < -0.3 is 10.2 Å². The highest BCUT2D eigenvalue weighted by Gasteiger charge is 2.20. The number of nitro groups is 1. The fraction of sp³-hybridized carbons (Fsp3) is 0.600. The van der Waals surface area contributed by atoms with Gasteiger partial charge in [-0.05, 0) is 40.8 Å². The Morgan fingerprint density at radius 1 is 1.43 bits per heavy atom. The van der Waals surface area contributed by atoms with Crippen molar-refractivity contribution in [1.29, 1.82) is 0 Å². The molecule has 21 heavy (non-hydrogen) atoms. The van der Waals surface area contributed by atoms with E-state index in [4.69, 9.17) is 0 Å². The summed E-state index contributed by atoms with van der Waals surface area (Å²) in [5, 5.41) is 14.3. The lowest BCUT2D eigenvalue weighted by molar-refractivity contribution is -0.384. The molecule has 0 aromatic heterocycles. The van der Waals surface area contributed by atoms with Crippen LogP contribution in [0.1, 0.15) is 26.7 Å². The molecule has 1 aliphatic rings. The van der Waals surface area contributed by atoms with Gasteiger partial charge in [0, 0.05) is 42.3 Å². The molecule has 0 bridgehead atoms. The molecule has 116 valence electrons. The summed E-state index contributed by atoms with van der Waals surface area (Å²) in [6, 6.07) is 5.23. The number of nitrogens with zero attached hydrogens (tertiary/aromatic N) is 2. The van der Waals surface area contributed by atoms with Crippen LogP contribution in [0.3, 0.4) is 0 Å². The van der Waals surface area contributed by atoms with Crippen LogP contribution in [0, 0.1) is 16.0 Å². The Hall–Kier alpha value is -1.14. The van der Waals surface area contributed by atoms with E-state index in [0.717, 1.165) is 42.6 Å². The minimum absolute atomic E-state index is 0.123. The molecule has 5 nitrogen and oxygen atoms in total. The summed E-state index contributed by atoms with van der Waals surface area (Å²) >= 11 is 3.46. The van der Waals surface area contributed by atoms with Crippen molar-refractivity contribution in [2.24, 2.45) is 5.92 Å². The molecule has 0 spiro atoms. The molecule has 0 unspecified atom stereocenters. The molecular formula is C15H22BrN3O2. The second-order valence-corrected chi connectivity index (χ2v) is 6.89. The van der Waals surface area contributed by atoms with Gasteiger partial charge in [0.1, 0.15) is 0 Å². The van der Waals surface area contributed by atoms with Gasteiger partial charge in [0.15, 0.2) is 0 Å². The number of nitro benzene ring substituents is 1. The number of benzene rings is 1. The highest BCUT2D eigenvalue weighted by Crippen LogP contribution is 2.29. The van der Waals surface area contributed by atoms with Crippen molar-refractivity contribution >= 4 is 27.3 Å². The standard InChI is InChI=1S/C15H22BrN3O2/c1-11(2)10-18-7-5-12(6-8-18)17-15-9-13(19(20)21)3-4-14(15)16/h3-4,9,11-12,17H,5-8,10H2,1-2H3. The van der Waals surface area contributed by atoms with Crippen molar-refractivity contribution in [1.82, 2.24) is 4.90 Å². The van der Waals surface area contributed by atoms with E-state index in [1.165, 1.54) is 6.07 Å². The Bertz CT molecular complexity index is 500. The van der Waals surface area contributed by atoms with E-state index in [-0.39, 0.29) is 10.6 Å². The maximum Gasteiger partial charge on any atom is 0.271 e. The molecule has 1 N–H and O–H groups in total. The Morgan fingerprint density at radius 3 is 2.67 bits per heavy atom. The Balaban J connectivity index is 1.94. The first-order valence-corrected chi connectivity index (χ1v) is 8.18. The third-order valence-electron chi connectivity index (χ3n) is 3.73. The fourth-order valence-electron chi connectivity index (χ4n) is 2.73. The molecule has 0 atom stereocenters. The predicted octanol–water partition coefficient (Wildman–Crippen LogP) is 3.89. The molecule has 1 aromatic carbocycles. The molecule has 1 fully saturated rings. The number of hydrogen-bond donors (Lipinski definition) is 1. The van der Waals surface area contributed by atoms with E-state index in [0.29, 0.717) is 12.0 Å². The van der Waals surface area contributed by atoms with Gasteiger partial charge in [0.05, 0.1) is 10.6 Å². The van der Waals surface area contributed by atoms with Crippen molar-refractivity contribution in [3.63, 3.8) is 0 Å². The maximum atomic E-state index is 10.9. The van der Waals surface area contributed by atoms with Crippen molar-refractivity contribution < 1.29 is 4.92 Å². The Labute approximate surface area is 134 Å². The smallest absolute Gasteiger partial charge is 0.271 e. The van der Waals surface area contributed by atoms with Gasteiger partial charge in [0.2, 0.25) is 0 Å². The summed E-state index contributed by atoms with van der Waals surface area (Å²) in [5.74, 6) is 0.695. The van der Waals surface area contributed by atoms with Gasteiger partial charge in [-0.2, -0.15) is 0 Å². The molecule has 0 radical (unpaired) electrons. The summed E-state index contributed by atoms with van der Waals surface area (Å²) in [4.78, 5) is 13.0. The number of hydrogen-bond acceptors (Lipinski definition) is 4. The van der Waals surface area contributed by atoms with E-state index >= 15 is 0 Å². The first kappa shape index (κ1) is 16.2. The van der Waals surface area contributed by atoms with E-state index in [2.05, 4.69) is 40.0 Å². The van der Waals surface area contributed by atoms with E-state index in [9.17, 15) is 10.1 Å². The zero-order chi connectivity index (χ0) is 15.4. The van der Waals surface area contributed by atoms with Crippen molar-refractivity contribution in [2.45, 2.75) is 32.7 Å². The Morgan fingerprint density at radius 2 is 2.10 bits per heavy atom. The summed E-state index contributed by atoms with van der Waals surface area (Å²) in [6.45, 7) is 7.80. The number of likely N-dealkylation sites (tertiary alicyclic amines) is 1. The SMILES string of the molecule is CC(C)CN1CCC(Nc2cc([N+](=O)[O-])ccc2Br)CC1. The third-order valence-corrected chi connectivity index (χ3v) is 4.42. The highest BCUT2D eigenvalue weighted by molar-refractivity contribution is 9.10. The van der Waals surface area contributed by atoms with Crippen LogP contribution in [0.5, 0.6) is 0 Å². The summed E-state index contributed by atoms with van der Waals surface area (Å²) in [7, 11) is 0. The molecule has 6 heteroatoms. The Kier molecular flexibility index (Phi) is 5.58. The number of rotatable bonds is 5. The average Bonchev–Trinajstić information content (AvgIpc) is 2.42. The maximum absolute atomic E-state index is 10.9. The number of piperidine rings is 1. The van der Waals surface area contributed by atoms with Crippen LogP contribution >= 0.6 is 15.9 Å². The molecule has 0 amide bonds. The lowest BCUT2D eigenvalue weighted by atomic mass is 10.0.